The predicted octanol–water partition coefficient (Wildman–Crippen LogP) is 4.20. The maximum absolute atomic E-state index is 12.1. The number of esters is 1. The summed E-state index contributed by atoms with van der Waals surface area (Å²) in [6.45, 7) is 2.58. The molecule has 0 fully saturated rings. The van der Waals surface area contributed by atoms with E-state index in [1.807, 2.05) is 30.3 Å². The SMILES string of the molecule is CCn1c2ccccc2c2cc(NC(=O)COC(=O)c3ccco3)ccc21. The van der Waals surface area contributed by atoms with Crippen LogP contribution in [0.5, 0.6) is 0 Å². The number of nitrogens with one attached hydrogen (secondary N) is 1. The van der Waals surface area contributed by atoms with E-state index in [0.29, 0.717) is 5.69 Å². The van der Waals surface area contributed by atoms with E-state index in [2.05, 4.69) is 28.9 Å². The third kappa shape index (κ3) is 3.17. The molecule has 2 heterocycles. The van der Waals surface area contributed by atoms with Gasteiger partial charge in [-0.3, -0.25) is 4.79 Å². The molecule has 0 spiro atoms. The highest BCUT2D eigenvalue weighted by Gasteiger charge is 2.14. The Morgan fingerprint density at radius 1 is 1.04 bits per heavy atom. The Labute approximate surface area is 155 Å². The molecule has 0 aliphatic heterocycles. The first kappa shape index (κ1) is 16.9. The van der Waals surface area contributed by atoms with Gasteiger partial charge in [0.15, 0.2) is 6.61 Å². The van der Waals surface area contributed by atoms with Crippen molar-refractivity contribution in [2.75, 3.05) is 11.9 Å². The molecule has 6 heteroatoms. The zero-order chi connectivity index (χ0) is 18.8. The molecular weight excluding hydrogens is 344 g/mol. The van der Waals surface area contributed by atoms with E-state index in [9.17, 15) is 9.59 Å². The Kier molecular flexibility index (Phi) is 4.38. The number of benzene rings is 2. The third-order valence-electron chi connectivity index (χ3n) is 4.43. The quantitative estimate of drug-likeness (QED) is 0.540. The van der Waals surface area contributed by atoms with Gasteiger partial charge in [-0.1, -0.05) is 18.2 Å². The molecule has 0 atom stereocenters. The van der Waals surface area contributed by atoms with Gasteiger partial charge in [-0.2, -0.15) is 0 Å². The average molecular weight is 362 g/mol. The van der Waals surface area contributed by atoms with Gasteiger partial charge in [0.05, 0.1) is 6.26 Å². The van der Waals surface area contributed by atoms with Crippen molar-refractivity contribution in [3.63, 3.8) is 0 Å². The standard InChI is InChI=1S/C21H18N2O4/c1-2-23-17-7-4-3-6-15(17)16-12-14(9-10-18(16)23)22-20(24)13-27-21(25)19-8-5-11-26-19/h3-12H,2,13H2,1H3,(H,22,24). The summed E-state index contributed by atoms with van der Waals surface area (Å²) in [6, 6.07) is 17.0. The van der Waals surface area contributed by atoms with E-state index in [1.54, 1.807) is 6.07 Å². The van der Waals surface area contributed by atoms with Crippen LogP contribution < -0.4 is 5.32 Å². The zero-order valence-electron chi connectivity index (χ0n) is 14.8. The molecule has 2 aromatic heterocycles. The summed E-state index contributed by atoms with van der Waals surface area (Å²) in [5.74, 6) is -1.01. The van der Waals surface area contributed by atoms with Crippen LogP contribution in [-0.2, 0) is 16.1 Å². The molecule has 0 aliphatic rings. The predicted molar refractivity (Wildman–Crippen MR) is 103 cm³/mol. The molecule has 6 nitrogen and oxygen atoms in total. The van der Waals surface area contributed by atoms with E-state index in [-0.39, 0.29) is 12.4 Å². The molecule has 1 N–H and O–H groups in total. The molecule has 136 valence electrons. The van der Waals surface area contributed by atoms with Crippen LogP contribution in [0.15, 0.2) is 65.3 Å². The largest absolute Gasteiger partial charge is 0.457 e. The number of aryl methyl sites for hydroxylation is 1. The van der Waals surface area contributed by atoms with Gasteiger partial charge in [-0.25, -0.2) is 4.79 Å². The van der Waals surface area contributed by atoms with Crippen LogP contribution in [-0.4, -0.2) is 23.1 Å². The van der Waals surface area contributed by atoms with Crippen LogP contribution in [0.3, 0.4) is 0 Å². The van der Waals surface area contributed by atoms with E-state index >= 15 is 0 Å². The van der Waals surface area contributed by atoms with Gasteiger partial charge in [0.25, 0.3) is 5.91 Å². The first-order valence-electron chi connectivity index (χ1n) is 8.69. The van der Waals surface area contributed by atoms with E-state index in [4.69, 9.17) is 9.15 Å². The van der Waals surface area contributed by atoms with Gasteiger partial charge in [0, 0.05) is 34.0 Å². The maximum Gasteiger partial charge on any atom is 0.374 e. The van der Waals surface area contributed by atoms with Crippen LogP contribution in [0, 0.1) is 0 Å². The number of para-hydroxylation sites is 1. The van der Waals surface area contributed by atoms with Crippen LogP contribution >= 0.6 is 0 Å². The summed E-state index contributed by atoms with van der Waals surface area (Å²) in [5.41, 5.74) is 2.92. The first-order chi connectivity index (χ1) is 13.2. The second-order valence-electron chi connectivity index (χ2n) is 6.09. The second kappa shape index (κ2) is 6.99. The van der Waals surface area contributed by atoms with Crippen LogP contribution in [0.25, 0.3) is 21.8 Å². The van der Waals surface area contributed by atoms with Crippen molar-refractivity contribution in [3.05, 3.63) is 66.6 Å². The van der Waals surface area contributed by atoms with Gasteiger partial charge in [-0.05, 0) is 43.3 Å². The lowest BCUT2D eigenvalue weighted by atomic mass is 10.1. The molecule has 2 aromatic carbocycles. The Morgan fingerprint density at radius 2 is 1.85 bits per heavy atom. The lowest BCUT2D eigenvalue weighted by Crippen LogP contribution is -2.20. The molecule has 0 unspecified atom stereocenters. The molecule has 27 heavy (non-hydrogen) atoms. The number of anilines is 1. The maximum atomic E-state index is 12.1. The molecule has 0 bridgehead atoms. The Bertz CT molecular complexity index is 1130. The average Bonchev–Trinajstić information content (AvgIpc) is 3.32. The smallest absolute Gasteiger partial charge is 0.374 e. The number of aromatic nitrogens is 1. The number of furan rings is 1. The van der Waals surface area contributed by atoms with Crippen molar-refractivity contribution in [2.24, 2.45) is 0 Å². The Hall–Kier alpha value is -3.54. The summed E-state index contributed by atoms with van der Waals surface area (Å²) in [6.07, 6.45) is 1.37. The highest BCUT2D eigenvalue weighted by Crippen LogP contribution is 2.30. The number of amides is 1. The number of carbonyl (C=O) groups excluding carboxylic acids is 2. The van der Waals surface area contributed by atoms with Gasteiger partial charge >= 0.3 is 5.97 Å². The number of carbonyl (C=O) groups is 2. The van der Waals surface area contributed by atoms with Crippen LogP contribution in [0.2, 0.25) is 0 Å². The highest BCUT2D eigenvalue weighted by molar-refractivity contribution is 6.09. The lowest BCUT2D eigenvalue weighted by Gasteiger charge is -2.07. The molecule has 0 saturated carbocycles. The molecule has 4 rings (SSSR count). The summed E-state index contributed by atoms with van der Waals surface area (Å²) in [7, 11) is 0. The number of nitrogens with zero attached hydrogens (tertiary/aromatic N) is 1. The first-order valence-corrected chi connectivity index (χ1v) is 8.69. The normalized spacial score (nSPS) is 11.0. The van der Waals surface area contributed by atoms with Crippen molar-refractivity contribution in [2.45, 2.75) is 13.5 Å². The summed E-state index contributed by atoms with van der Waals surface area (Å²) < 4.78 is 12.1. The van der Waals surface area contributed by atoms with Crippen LogP contribution in [0.1, 0.15) is 17.5 Å². The van der Waals surface area contributed by atoms with Gasteiger partial charge in [0.2, 0.25) is 5.76 Å². The molecular formula is C21H18N2O4. The number of hydrogen-bond donors (Lipinski definition) is 1. The highest BCUT2D eigenvalue weighted by atomic mass is 16.5. The molecule has 0 aliphatic carbocycles. The number of hydrogen-bond acceptors (Lipinski definition) is 4. The van der Waals surface area contributed by atoms with Crippen molar-refractivity contribution in [3.8, 4) is 0 Å². The summed E-state index contributed by atoms with van der Waals surface area (Å²) in [5, 5.41) is 4.97. The van der Waals surface area contributed by atoms with E-state index in [0.717, 1.165) is 28.4 Å². The minimum atomic E-state index is -0.670. The number of ether oxygens (including phenoxy) is 1. The number of fused-ring (bicyclic) bond motifs is 3. The minimum absolute atomic E-state index is 0.0663. The second-order valence-corrected chi connectivity index (χ2v) is 6.09. The number of rotatable bonds is 5. The van der Waals surface area contributed by atoms with Gasteiger partial charge in [0.1, 0.15) is 0 Å². The van der Waals surface area contributed by atoms with Gasteiger partial charge in [-0.15, -0.1) is 0 Å². The monoisotopic (exact) mass is 362 g/mol. The lowest BCUT2D eigenvalue weighted by molar-refractivity contribution is -0.119. The van der Waals surface area contributed by atoms with Crippen molar-refractivity contribution in [1.29, 1.82) is 0 Å². The molecule has 0 radical (unpaired) electrons. The van der Waals surface area contributed by atoms with E-state index < -0.39 is 11.9 Å². The summed E-state index contributed by atoms with van der Waals surface area (Å²) in [4.78, 5) is 23.8. The summed E-state index contributed by atoms with van der Waals surface area (Å²) >= 11 is 0. The third-order valence-corrected chi connectivity index (χ3v) is 4.43. The van der Waals surface area contributed by atoms with Gasteiger partial charge < -0.3 is 19.0 Å². The Morgan fingerprint density at radius 3 is 2.63 bits per heavy atom. The fraction of sp³-hybridized carbons (Fsp3) is 0.143. The van der Waals surface area contributed by atoms with Crippen molar-refractivity contribution in [1.82, 2.24) is 4.57 Å². The van der Waals surface area contributed by atoms with Crippen molar-refractivity contribution >= 4 is 39.4 Å². The fourth-order valence-corrected chi connectivity index (χ4v) is 3.27. The Balaban J connectivity index is 1.53. The molecule has 1 amide bonds. The molecule has 4 aromatic rings. The van der Waals surface area contributed by atoms with Crippen molar-refractivity contribution < 1.29 is 18.7 Å². The van der Waals surface area contributed by atoms with Crippen LogP contribution in [0.4, 0.5) is 5.69 Å². The fourth-order valence-electron chi connectivity index (χ4n) is 3.27. The molecule has 0 saturated heterocycles. The zero-order valence-corrected chi connectivity index (χ0v) is 14.8. The van der Waals surface area contributed by atoms with E-state index in [1.165, 1.54) is 12.3 Å². The minimum Gasteiger partial charge on any atom is -0.457 e. The topological polar surface area (TPSA) is 73.5 Å².